The van der Waals surface area contributed by atoms with Gasteiger partial charge in [0.15, 0.2) is 0 Å². The fraction of sp³-hybridized carbons (Fsp3) is 0.846. The van der Waals surface area contributed by atoms with Crippen molar-refractivity contribution in [2.24, 2.45) is 17.8 Å². The van der Waals surface area contributed by atoms with Crippen LogP contribution in [0.3, 0.4) is 0 Å². The van der Waals surface area contributed by atoms with Crippen molar-refractivity contribution in [2.45, 2.75) is 44.9 Å². The van der Waals surface area contributed by atoms with Crippen molar-refractivity contribution in [1.82, 2.24) is 5.32 Å². The van der Waals surface area contributed by atoms with Crippen molar-refractivity contribution in [3.05, 3.63) is 11.8 Å². The number of nitrogens with one attached hydrogen (secondary N) is 1. The maximum Gasteiger partial charge on any atom is 0.0175 e. The smallest absolute Gasteiger partial charge is 0.0175 e. The topological polar surface area (TPSA) is 12.0 Å². The highest BCUT2D eigenvalue weighted by Crippen LogP contribution is 2.43. The first-order chi connectivity index (χ1) is 6.95. The molecule has 0 amide bonds. The summed E-state index contributed by atoms with van der Waals surface area (Å²) in [6.45, 7) is 1.27. The molecule has 3 aliphatic rings. The largest absolute Gasteiger partial charge is 0.388 e. The van der Waals surface area contributed by atoms with Gasteiger partial charge in [-0.05, 0) is 43.9 Å². The zero-order valence-electron chi connectivity index (χ0n) is 8.97. The molecule has 1 aliphatic heterocycles. The van der Waals surface area contributed by atoms with E-state index in [4.69, 9.17) is 0 Å². The van der Waals surface area contributed by atoms with E-state index >= 15 is 0 Å². The molecule has 2 fully saturated rings. The Morgan fingerprint density at radius 2 is 2.00 bits per heavy atom. The second-order valence-electron chi connectivity index (χ2n) is 5.29. The van der Waals surface area contributed by atoms with Crippen LogP contribution in [-0.4, -0.2) is 6.54 Å². The minimum Gasteiger partial charge on any atom is -0.388 e. The fourth-order valence-electron chi connectivity index (χ4n) is 3.82. The van der Waals surface area contributed by atoms with Crippen LogP contribution in [0.15, 0.2) is 11.8 Å². The SMILES string of the molecule is C1=C2NCC3CCCCC3C2CCC1. The van der Waals surface area contributed by atoms with E-state index < -0.39 is 0 Å². The van der Waals surface area contributed by atoms with E-state index in [1.54, 1.807) is 5.70 Å². The molecule has 3 atom stereocenters. The molecule has 0 bridgehead atoms. The second-order valence-corrected chi connectivity index (χ2v) is 5.29. The van der Waals surface area contributed by atoms with Crippen LogP contribution in [-0.2, 0) is 0 Å². The van der Waals surface area contributed by atoms with Crippen molar-refractivity contribution in [3.63, 3.8) is 0 Å². The number of fused-ring (bicyclic) bond motifs is 3. The van der Waals surface area contributed by atoms with Gasteiger partial charge in [-0.1, -0.05) is 18.9 Å². The zero-order chi connectivity index (χ0) is 9.38. The van der Waals surface area contributed by atoms with Crippen molar-refractivity contribution < 1.29 is 0 Å². The van der Waals surface area contributed by atoms with Gasteiger partial charge in [-0.3, -0.25) is 0 Å². The molecule has 14 heavy (non-hydrogen) atoms. The Kier molecular flexibility index (Phi) is 2.27. The molecule has 1 N–H and O–H groups in total. The summed E-state index contributed by atoms with van der Waals surface area (Å²) in [5, 5.41) is 3.68. The lowest BCUT2D eigenvalue weighted by atomic mass is 9.66. The molecule has 78 valence electrons. The van der Waals surface area contributed by atoms with Gasteiger partial charge >= 0.3 is 0 Å². The molecule has 1 saturated carbocycles. The summed E-state index contributed by atoms with van der Waals surface area (Å²) in [6, 6.07) is 0. The van der Waals surface area contributed by atoms with Crippen molar-refractivity contribution in [2.75, 3.05) is 6.54 Å². The number of hydrogen-bond donors (Lipinski definition) is 1. The van der Waals surface area contributed by atoms with Crippen LogP contribution in [0.25, 0.3) is 0 Å². The lowest BCUT2D eigenvalue weighted by Crippen LogP contribution is -2.44. The first-order valence-electron chi connectivity index (χ1n) is 6.39. The molecule has 1 nitrogen and oxygen atoms in total. The van der Waals surface area contributed by atoms with Crippen LogP contribution < -0.4 is 5.32 Å². The van der Waals surface area contributed by atoms with Crippen LogP contribution in [0.1, 0.15) is 44.9 Å². The molecule has 1 saturated heterocycles. The Morgan fingerprint density at radius 1 is 1.07 bits per heavy atom. The maximum atomic E-state index is 3.68. The highest BCUT2D eigenvalue weighted by Gasteiger charge is 2.37. The molecule has 3 rings (SSSR count). The minimum atomic E-state index is 0.919. The molecule has 0 radical (unpaired) electrons. The summed E-state index contributed by atoms with van der Waals surface area (Å²) < 4.78 is 0. The van der Waals surface area contributed by atoms with Gasteiger partial charge in [0.25, 0.3) is 0 Å². The van der Waals surface area contributed by atoms with E-state index in [1.807, 2.05) is 0 Å². The Labute approximate surface area is 87.0 Å². The highest BCUT2D eigenvalue weighted by molar-refractivity contribution is 5.13. The summed E-state index contributed by atoms with van der Waals surface area (Å²) in [5.74, 6) is 2.96. The van der Waals surface area contributed by atoms with Gasteiger partial charge in [-0.2, -0.15) is 0 Å². The maximum absolute atomic E-state index is 3.68. The molecule has 0 spiro atoms. The van der Waals surface area contributed by atoms with E-state index in [1.165, 1.54) is 51.5 Å². The van der Waals surface area contributed by atoms with E-state index in [-0.39, 0.29) is 0 Å². The predicted octanol–water partition coefficient (Wildman–Crippen LogP) is 3.08. The van der Waals surface area contributed by atoms with Crippen molar-refractivity contribution in [3.8, 4) is 0 Å². The minimum absolute atomic E-state index is 0.919. The number of hydrogen-bond acceptors (Lipinski definition) is 1. The molecule has 0 aromatic heterocycles. The number of piperidine rings is 1. The molecule has 1 heterocycles. The highest BCUT2D eigenvalue weighted by atomic mass is 14.9. The first kappa shape index (κ1) is 8.82. The van der Waals surface area contributed by atoms with E-state index in [9.17, 15) is 0 Å². The average molecular weight is 191 g/mol. The Morgan fingerprint density at radius 3 is 3.00 bits per heavy atom. The van der Waals surface area contributed by atoms with Gasteiger partial charge < -0.3 is 5.32 Å². The van der Waals surface area contributed by atoms with Gasteiger partial charge in [0, 0.05) is 18.2 Å². The second kappa shape index (κ2) is 3.60. The Bertz CT molecular complexity index is 244. The predicted molar refractivity (Wildman–Crippen MR) is 58.9 cm³/mol. The third-order valence-corrected chi connectivity index (χ3v) is 4.54. The third kappa shape index (κ3) is 1.37. The number of rotatable bonds is 0. The summed E-state index contributed by atoms with van der Waals surface area (Å²) in [7, 11) is 0. The standard InChI is InChI=1S/C13H21N/c1-2-6-11-10(5-1)9-14-13-8-4-3-7-12(11)13/h8,10-12,14H,1-7,9H2. The summed E-state index contributed by atoms with van der Waals surface area (Å²) in [5.41, 5.74) is 1.61. The molecule has 3 unspecified atom stereocenters. The van der Waals surface area contributed by atoms with E-state index in [2.05, 4.69) is 11.4 Å². The van der Waals surface area contributed by atoms with Gasteiger partial charge in [0.1, 0.15) is 0 Å². The van der Waals surface area contributed by atoms with Crippen LogP contribution in [0, 0.1) is 17.8 Å². The molecule has 1 heteroatoms. The van der Waals surface area contributed by atoms with Crippen LogP contribution in [0.5, 0.6) is 0 Å². The first-order valence-corrected chi connectivity index (χ1v) is 6.39. The molecule has 0 aromatic rings. The summed E-state index contributed by atoms with van der Waals surface area (Å²) in [4.78, 5) is 0. The normalized spacial score (nSPS) is 41.7. The quantitative estimate of drug-likeness (QED) is 0.620. The average Bonchev–Trinajstić information content (AvgIpc) is 2.29. The van der Waals surface area contributed by atoms with Crippen molar-refractivity contribution in [1.29, 1.82) is 0 Å². The fourth-order valence-corrected chi connectivity index (χ4v) is 3.82. The summed E-state index contributed by atoms with van der Waals surface area (Å²) in [6.07, 6.45) is 12.6. The molecule has 0 aromatic carbocycles. The molecular weight excluding hydrogens is 170 g/mol. The van der Waals surface area contributed by atoms with Crippen molar-refractivity contribution >= 4 is 0 Å². The lowest BCUT2D eigenvalue weighted by Gasteiger charge is -2.45. The monoisotopic (exact) mass is 191 g/mol. The van der Waals surface area contributed by atoms with Gasteiger partial charge in [0.05, 0.1) is 0 Å². The third-order valence-electron chi connectivity index (χ3n) is 4.54. The van der Waals surface area contributed by atoms with Crippen LogP contribution >= 0.6 is 0 Å². The Balaban J connectivity index is 1.82. The molecule has 2 aliphatic carbocycles. The van der Waals surface area contributed by atoms with E-state index in [0.717, 1.165) is 17.8 Å². The van der Waals surface area contributed by atoms with Crippen LogP contribution in [0.4, 0.5) is 0 Å². The summed E-state index contributed by atoms with van der Waals surface area (Å²) >= 11 is 0. The molecular formula is C13H21N. The lowest BCUT2D eigenvalue weighted by molar-refractivity contribution is 0.133. The number of allylic oxidation sites excluding steroid dienone is 2. The van der Waals surface area contributed by atoms with Gasteiger partial charge in [-0.25, -0.2) is 0 Å². The Hall–Kier alpha value is -0.460. The van der Waals surface area contributed by atoms with Crippen LogP contribution in [0.2, 0.25) is 0 Å². The van der Waals surface area contributed by atoms with Gasteiger partial charge in [0.2, 0.25) is 0 Å². The zero-order valence-corrected chi connectivity index (χ0v) is 8.97. The van der Waals surface area contributed by atoms with Gasteiger partial charge in [-0.15, -0.1) is 0 Å². The van der Waals surface area contributed by atoms with E-state index in [0.29, 0.717) is 0 Å².